The second-order valence-corrected chi connectivity index (χ2v) is 11.3. The minimum atomic E-state index is -3.90. The number of hydrogen-bond donors (Lipinski definition) is 1. The number of aromatic hydroxyl groups is 1. The van der Waals surface area contributed by atoms with Crippen LogP contribution in [0.25, 0.3) is 0 Å². The maximum Gasteiger partial charge on any atom is 0.342 e. The lowest BCUT2D eigenvalue weighted by molar-refractivity contribution is 0.0136. The van der Waals surface area contributed by atoms with Crippen LogP contribution in [-0.4, -0.2) is 50.6 Å². The zero-order valence-corrected chi connectivity index (χ0v) is 19.2. The Hall–Kier alpha value is -1.03. The van der Waals surface area contributed by atoms with Gasteiger partial charge in [-0.1, -0.05) is 40.9 Å². The van der Waals surface area contributed by atoms with Gasteiger partial charge in [-0.05, 0) is 37.6 Å². The number of hydrogen-bond acceptors (Lipinski definition) is 7. The van der Waals surface area contributed by atoms with Crippen LogP contribution in [0, 0.1) is 0 Å². The Morgan fingerprint density at radius 2 is 1.90 bits per heavy atom. The number of phenolic OH excluding ortho intramolecular Hbond substituents is 1. The summed E-state index contributed by atoms with van der Waals surface area (Å²) in [6, 6.07) is 4.01. The van der Waals surface area contributed by atoms with E-state index in [9.17, 15) is 18.3 Å². The molecule has 1 saturated heterocycles. The molecule has 1 N–H and O–H groups in total. The molecule has 0 radical (unpaired) electrons. The lowest BCUT2D eigenvalue weighted by Gasteiger charge is -2.28. The first-order valence-corrected chi connectivity index (χ1v) is 12.3. The van der Waals surface area contributed by atoms with Crippen molar-refractivity contribution in [2.75, 3.05) is 20.1 Å². The SMILES string of the molecule is CN1CCC(OC(=O)c2ccc(CS(=O)(=O)c3c(Cl)sc(Cl)c3Cl)cc2O)CC1. The number of likely N-dealkylation sites (tertiary alicyclic amines) is 1. The van der Waals surface area contributed by atoms with E-state index >= 15 is 0 Å². The summed E-state index contributed by atoms with van der Waals surface area (Å²) in [5, 5.41) is 10.1. The fourth-order valence-electron chi connectivity index (χ4n) is 3.05. The Balaban J connectivity index is 1.74. The molecule has 0 saturated carbocycles. The molecule has 1 aromatic carbocycles. The Morgan fingerprint density at radius 1 is 1.24 bits per heavy atom. The third-order valence-electron chi connectivity index (χ3n) is 4.62. The van der Waals surface area contributed by atoms with Crippen molar-refractivity contribution in [2.24, 2.45) is 0 Å². The molecule has 3 rings (SSSR count). The topological polar surface area (TPSA) is 83.9 Å². The summed E-state index contributed by atoms with van der Waals surface area (Å²) in [4.78, 5) is 14.3. The second kappa shape index (κ2) is 8.99. The highest BCUT2D eigenvalue weighted by Gasteiger charge is 2.28. The van der Waals surface area contributed by atoms with E-state index in [0.29, 0.717) is 0 Å². The van der Waals surface area contributed by atoms with Crippen molar-refractivity contribution >= 4 is 61.9 Å². The quantitative estimate of drug-likeness (QED) is 0.605. The van der Waals surface area contributed by atoms with Crippen LogP contribution in [0.2, 0.25) is 13.7 Å². The van der Waals surface area contributed by atoms with Crippen LogP contribution in [0.5, 0.6) is 5.75 Å². The van der Waals surface area contributed by atoms with Gasteiger partial charge in [0.2, 0.25) is 0 Å². The Labute approximate surface area is 187 Å². The van der Waals surface area contributed by atoms with E-state index in [1.807, 2.05) is 7.05 Å². The van der Waals surface area contributed by atoms with Gasteiger partial charge in [-0.15, -0.1) is 11.3 Å². The molecule has 0 bridgehead atoms. The van der Waals surface area contributed by atoms with E-state index < -0.39 is 21.6 Å². The molecule has 2 heterocycles. The predicted molar refractivity (Wildman–Crippen MR) is 114 cm³/mol. The molecule has 6 nitrogen and oxygen atoms in total. The number of esters is 1. The predicted octanol–water partition coefficient (Wildman–Crippen LogP) is 4.64. The van der Waals surface area contributed by atoms with Crippen LogP contribution >= 0.6 is 46.1 Å². The van der Waals surface area contributed by atoms with E-state index in [2.05, 4.69) is 4.90 Å². The molecule has 0 spiro atoms. The number of thiophene rings is 1. The summed E-state index contributed by atoms with van der Waals surface area (Å²) in [5.41, 5.74) is 0.257. The van der Waals surface area contributed by atoms with Gasteiger partial charge in [0.1, 0.15) is 31.0 Å². The van der Waals surface area contributed by atoms with E-state index in [1.165, 1.54) is 18.2 Å². The van der Waals surface area contributed by atoms with Crippen molar-refractivity contribution in [2.45, 2.75) is 29.6 Å². The summed E-state index contributed by atoms with van der Waals surface area (Å²) in [6.07, 6.45) is 1.25. The van der Waals surface area contributed by atoms with Gasteiger partial charge < -0.3 is 14.7 Å². The summed E-state index contributed by atoms with van der Waals surface area (Å²) >= 11 is 18.6. The third-order valence-corrected chi connectivity index (χ3v) is 8.91. The van der Waals surface area contributed by atoms with Crippen molar-refractivity contribution < 1.29 is 23.1 Å². The molecule has 1 aliphatic heterocycles. The molecule has 0 aliphatic carbocycles. The third kappa shape index (κ3) is 5.18. The maximum absolute atomic E-state index is 12.7. The molecule has 1 fully saturated rings. The van der Waals surface area contributed by atoms with Gasteiger partial charge >= 0.3 is 5.97 Å². The zero-order chi connectivity index (χ0) is 21.3. The van der Waals surface area contributed by atoms with Crippen LogP contribution in [0.4, 0.5) is 0 Å². The molecular weight excluding hydrogens is 481 g/mol. The lowest BCUT2D eigenvalue weighted by Crippen LogP contribution is -2.35. The van der Waals surface area contributed by atoms with Crippen molar-refractivity contribution in [3.63, 3.8) is 0 Å². The number of halogens is 3. The normalized spacial score (nSPS) is 16.1. The average Bonchev–Trinajstić information content (AvgIpc) is 2.89. The Kier molecular flexibility index (Phi) is 7.03. The molecule has 1 aromatic heterocycles. The highest BCUT2D eigenvalue weighted by atomic mass is 35.5. The van der Waals surface area contributed by atoms with Crippen molar-refractivity contribution in [1.82, 2.24) is 4.90 Å². The van der Waals surface area contributed by atoms with Crippen molar-refractivity contribution in [3.05, 3.63) is 43.0 Å². The number of phenols is 1. The highest BCUT2D eigenvalue weighted by Crippen LogP contribution is 2.43. The summed E-state index contributed by atoms with van der Waals surface area (Å²) in [6.45, 7) is 1.66. The van der Waals surface area contributed by atoms with Crippen LogP contribution < -0.4 is 0 Å². The van der Waals surface area contributed by atoms with Crippen molar-refractivity contribution in [1.29, 1.82) is 0 Å². The Morgan fingerprint density at radius 3 is 2.45 bits per heavy atom. The first-order chi connectivity index (χ1) is 13.6. The largest absolute Gasteiger partial charge is 0.507 e. The van der Waals surface area contributed by atoms with Crippen LogP contribution in [-0.2, 0) is 20.3 Å². The van der Waals surface area contributed by atoms with Gasteiger partial charge in [0.25, 0.3) is 0 Å². The first-order valence-electron chi connectivity index (χ1n) is 8.66. The van der Waals surface area contributed by atoms with Crippen molar-refractivity contribution in [3.8, 4) is 5.75 Å². The lowest BCUT2D eigenvalue weighted by atomic mass is 10.1. The van der Waals surface area contributed by atoms with Gasteiger partial charge in [-0.25, -0.2) is 13.2 Å². The smallest absolute Gasteiger partial charge is 0.342 e. The van der Waals surface area contributed by atoms with Crippen LogP contribution in [0.1, 0.15) is 28.8 Å². The molecule has 0 amide bonds. The molecule has 0 atom stereocenters. The summed E-state index contributed by atoms with van der Waals surface area (Å²) in [7, 11) is -1.90. The molecule has 158 valence electrons. The number of carbonyl (C=O) groups is 1. The highest BCUT2D eigenvalue weighted by molar-refractivity contribution is 7.91. The Bertz CT molecular complexity index is 1030. The average molecular weight is 499 g/mol. The fourth-order valence-corrected chi connectivity index (χ4v) is 7.40. The van der Waals surface area contributed by atoms with Crippen LogP contribution in [0.3, 0.4) is 0 Å². The number of benzene rings is 1. The van der Waals surface area contributed by atoms with Gasteiger partial charge in [-0.2, -0.15) is 0 Å². The van der Waals surface area contributed by atoms with Gasteiger partial charge in [0.15, 0.2) is 9.84 Å². The van der Waals surface area contributed by atoms with E-state index in [4.69, 9.17) is 39.5 Å². The van der Waals surface area contributed by atoms with E-state index in [0.717, 1.165) is 37.3 Å². The number of sulfone groups is 1. The zero-order valence-electron chi connectivity index (χ0n) is 15.3. The summed E-state index contributed by atoms with van der Waals surface area (Å²) < 4.78 is 30.9. The van der Waals surface area contributed by atoms with Gasteiger partial charge in [-0.3, -0.25) is 0 Å². The standard InChI is InChI=1S/C18H18Cl3NO5S2/c1-22-6-4-11(5-7-22)27-18(24)12-3-2-10(8-13(12)23)9-29(25,26)15-14(19)16(20)28-17(15)21/h2-3,8,11,23H,4-7,9H2,1H3. The fraction of sp³-hybridized carbons (Fsp3) is 0.389. The minimum Gasteiger partial charge on any atom is -0.507 e. The molecule has 29 heavy (non-hydrogen) atoms. The number of rotatable bonds is 5. The molecule has 1 aliphatic rings. The number of nitrogens with zero attached hydrogens (tertiary/aromatic N) is 1. The van der Waals surface area contributed by atoms with Crippen LogP contribution in [0.15, 0.2) is 23.1 Å². The number of piperidine rings is 1. The minimum absolute atomic E-state index is 0.0141. The number of carbonyl (C=O) groups excluding carboxylic acids is 1. The molecular formula is C18H18Cl3NO5S2. The second-order valence-electron chi connectivity index (χ2n) is 6.81. The maximum atomic E-state index is 12.7. The molecule has 0 unspecified atom stereocenters. The molecule has 11 heteroatoms. The molecule has 2 aromatic rings. The van der Waals surface area contributed by atoms with Gasteiger partial charge in [0.05, 0.1) is 10.8 Å². The summed E-state index contributed by atoms with van der Waals surface area (Å²) in [5.74, 6) is -1.45. The van der Waals surface area contributed by atoms with Gasteiger partial charge in [0, 0.05) is 13.1 Å². The monoisotopic (exact) mass is 497 g/mol. The first kappa shape index (κ1) is 22.7. The van der Waals surface area contributed by atoms with E-state index in [1.54, 1.807) is 0 Å². The number of ether oxygens (including phenoxy) is 1. The van der Waals surface area contributed by atoms with E-state index in [-0.39, 0.29) is 41.6 Å².